The van der Waals surface area contributed by atoms with Crippen LogP contribution >= 0.6 is 23.2 Å². The average molecular weight is 474 g/mol. The first-order chi connectivity index (χ1) is 15.3. The molecule has 0 fully saturated rings. The second-order valence-corrected chi connectivity index (χ2v) is 7.40. The van der Waals surface area contributed by atoms with Crippen molar-refractivity contribution >= 4 is 46.5 Å². The predicted molar refractivity (Wildman–Crippen MR) is 119 cm³/mol. The Hall–Kier alpha value is -3.49. The van der Waals surface area contributed by atoms with Crippen LogP contribution in [-0.4, -0.2) is 39.8 Å². The van der Waals surface area contributed by atoms with Crippen molar-refractivity contribution in [1.29, 1.82) is 0 Å². The van der Waals surface area contributed by atoms with Crippen LogP contribution in [0.1, 0.15) is 33.0 Å². The summed E-state index contributed by atoms with van der Waals surface area (Å²) in [5.74, 6) is -2.27. The van der Waals surface area contributed by atoms with Gasteiger partial charge in [0.15, 0.2) is 5.82 Å². The van der Waals surface area contributed by atoms with Gasteiger partial charge < -0.3 is 14.7 Å². The third kappa shape index (κ3) is 5.40. The average Bonchev–Trinajstić information content (AvgIpc) is 2.79. The molecule has 0 unspecified atom stereocenters. The van der Waals surface area contributed by atoms with Crippen molar-refractivity contribution in [1.82, 2.24) is 9.97 Å². The summed E-state index contributed by atoms with van der Waals surface area (Å²) >= 11 is 12.1. The molecule has 1 amide bonds. The number of nitrogens with zero attached hydrogens (tertiary/aromatic N) is 3. The van der Waals surface area contributed by atoms with Crippen molar-refractivity contribution < 1.29 is 24.2 Å². The number of ether oxygens (including phenoxy) is 1. The number of carboxylic acids is 1. The number of benzene rings is 2. The summed E-state index contributed by atoms with van der Waals surface area (Å²) < 4.78 is 5.17. The number of Topliss-reactive ketones (excluding diaryl/α,β-unsaturated/α-hetero) is 1. The van der Waals surface area contributed by atoms with Gasteiger partial charge in [-0.3, -0.25) is 9.59 Å². The van der Waals surface area contributed by atoms with Gasteiger partial charge in [0, 0.05) is 24.1 Å². The number of hydrogen-bond acceptors (Lipinski definition) is 6. The van der Waals surface area contributed by atoms with Crippen molar-refractivity contribution in [3.8, 4) is 5.75 Å². The van der Waals surface area contributed by atoms with Gasteiger partial charge in [-0.15, -0.1) is 0 Å². The monoisotopic (exact) mass is 473 g/mol. The molecule has 0 aliphatic heterocycles. The third-order valence-corrected chi connectivity index (χ3v) is 5.22. The summed E-state index contributed by atoms with van der Waals surface area (Å²) in [6.07, 6.45) is 2.33. The molecule has 1 aromatic heterocycles. The summed E-state index contributed by atoms with van der Waals surface area (Å²) in [5, 5.41) is 9.99. The predicted octanol–water partition coefficient (Wildman–Crippen LogP) is 4.30. The molecule has 0 aliphatic carbocycles. The number of carbonyl (C=O) groups excluding carboxylic acids is 2. The van der Waals surface area contributed by atoms with Crippen LogP contribution in [0.3, 0.4) is 0 Å². The van der Waals surface area contributed by atoms with E-state index in [0.29, 0.717) is 21.3 Å². The van der Waals surface area contributed by atoms with Crippen LogP contribution in [0.5, 0.6) is 5.75 Å². The number of rotatable bonds is 8. The Morgan fingerprint density at radius 2 is 1.75 bits per heavy atom. The lowest BCUT2D eigenvalue weighted by Crippen LogP contribution is -2.32. The van der Waals surface area contributed by atoms with E-state index in [2.05, 4.69) is 9.97 Å². The molecule has 0 radical (unpaired) electrons. The van der Waals surface area contributed by atoms with Gasteiger partial charge in [-0.05, 0) is 35.9 Å². The van der Waals surface area contributed by atoms with E-state index in [1.165, 1.54) is 42.6 Å². The Bertz CT molecular complexity index is 1170. The lowest BCUT2D eigenvalue weighted by molar-refractivity contribution is -0.117. The second kappa shape index (κ2) is 10.2. The number of halogens is 2. The van der Waals surface area contributed by atoms with E-state index in [-0.39, 0.29) is 23.7 Å². The van der Waals surface area contributed by atoms with E-state index in [9.17, 15) is 19.5 Å². The minimum absolute atomic E-state index is 0.0498. The van der Waals surface area contributed by atoms with Crippen LogP contribution in [-0.2, 0) is 11.3 Å². The second-order valence-electron chi connectivity index (χ2n) is 6.59. The van der Waals surface area contributed by atoms with E-state index in [0.717, 1.165) is 0 Å². The fourth-order valence-corrected chi connectivity index (χ4v) is 3.24. The van der Waals surface area contributed by atoms with Gasteiger partial charge in [0.25, 0.3) is 0 Å². The first-order valence-electron chi connectivity index (χ1n) is 9.26. The fraction of sp³-hybridized carbons (Fsp3) is 0.136. The van der Waals surface area contributed by atoms with Crippen molar-refractivity contribution in [2.24, 2.45) is 0 Å². The van der Waals surface area contributed by atoms with Gasteiger partial charge in [0.1, 0.15) is 11.3 Å². The molecule has 0 saturated carbocycles. The van der Waals surface area contributed by atoms with Gasteiger partial charge in [0.2, 0.25) is 11.7 Å². The quantitative estimate of drug-likeness (QED) is 0.383. The topological polar surface area (TPSA) is 110 Å². The highest BCUT2D eigenvalue weighted by Crippen LogP contribution is 2.29. The van der Waals surface area contributed by atoms with Crippen LogP contribution in [0.15, 0.2) is 54.9 Å². The molecule has 2 aromatic carbocycles. The molecular weight excluding hydrogens is 457 g/mol. The molecular formula is C22H17Cl2N3O5. The number of anilines is 1. The highest BCUT2D eigenvalue weighted by molar-refractivity contribution is 6.42. The van der Waals surface area contributed by atoms with Crippen molar-refractivity contribution in [2.45, 2.75) is 13.0 Å². The molecule has 0 bridgehead atoms. The molecule has 3 aromatic rings. The zero-order valence-electron chi connectivity index (χ0n) is 16.8. The van der Waals surface area contributed by atoms with Gasteiger partial charge in [-0.2, -0.15) is 0 Å². The van der Waals surface area contributed by atoms with Gasteiger partial charge >= 0.3 is 5.97 Å². The Labute approximate surface area is 193 Å². The molecule has 1 heterocycles. The molecule has 0 atom stereocenters. The van der Waals surface area contributed by atoms with E-state index < -0.39 is 24.1 Å². The number of carboxylic acid groups (broad SMARTS) is 1. The third-order valence-electron chi connectivity index (χ3n) is 4.48. The summed E-state index contributed by atoms with van der Waals surface area (Å²) in [4.78, 5) is 46.1. The highest BCUT2D eigenvalue weighted by Gasteiger charge is 2.23. The van der Waals surface area contributed by atoms with Gasteiger partial charge in [-0.25, -0.2) is 14.8 Å². The molecule has 10 heteroatoms. The molecule has 1 N–H and O–H groups in total. The maximum atomic E-state index is 13.1. The highest BCUT2D eigenvalue weighted by atomic mass is 35.5. The molecule has 164 valence electrons. The Kier molecular flexibility index (Phi) is 7.40. The van der Waals surface area contributed by atoms with Crippen LogP contribution < -0.4 is 9.64 Å². The number of ketones is 1. The van der Waals surface area contributed by atoms with E-state index >= 15 is 0 Å². The maximum absolute atomic E-state index is 13.1. The summed E-state index contributed by atoms with van der Waals surface area (Å²) in [7, 11) is 1.33. The molecule has 3 rings (SSSR count). The molecule has 0 aliphatic rings. The summed E-state index contributed by atoms with van der Waals surface area (Å²) in [5.41, 5.74) is 0.925. The first kappa shape index (κ1) is 23.2. The normalized spacial score (nSPS) is 10.5. The van der Waals surface area contributed by atoms with Crippen molar-refractivity contribution in [2.75, 3.05) is 12.0 Å². The van der Waals surface area contributed by atoms with Crippen molar-refractivity contribution in [3.05, 3.63) is 81.9 Å². The Morgan fingerprint density at radius 1 is 1.03 bits per heavy atom. The van der Waals surface area contributed by atoms with E-state index in [1.54, 1.807) is 24.3 Å². The van der Waals surface area contributed by atoms with Crippen LogP contribution in [0.25, 0.3) is 0 Å². The Morgan fingerprint density at radius 3 is 2.38 bits per heavy atom. The van der Waals surface area contributed by atoms with Crippen molar-refractivity contribution in [3.63, 3.8) is 0 Å². The minimum atomic E-state index is -1.17. The standard InChI is InChI=1S/C22H17Cl2N3O5/c1-32-19-10-14(4-5-15(19)22(30)31)27(12-13-3-6-16(23)17(24)9-13)20(29)11-18(28)21-25-7-2-8-26-21/h2-10H,11-12H2,1H3,(H,30,31). The lowest BCUT2D eigenvalue weighted by Gasteiger charge is -2.24. The number of hydrogen-bond donors (Lipinski definition) is 1. The maximum Gasteiger partial charge on any atom is 0.339 e. The van der Waals surface area contributed by atoms with Gasteiger partial charge in [-0.1, -0.05) is 29.3 Å². The number of aromatic carboxylic acids is 1. The minimum Gasteiger partial charge on any atom is -0.496 e. The van der Waals surface area contributed by atoms with Gasteiger partial charge in [0.05, 0.1) is 30.1 Å². The first-order valence-corrected chi connectivity index (χ1v) is 10.0. The molecule has 0 saturated heterocycles. The Balaban J connectivity index is 1.97. The number of aromatic nitrogens is 2. The molecule has 32 heavy (non-hydrogen) atoms. The summed E-state index contributed by atoms with van der Waals surface area (Å²) in [6, 6.07) is 10.7. The zero-order chi connectivity index (χ0) is 23.3. The van der Waals surface area contributed by atoms with Crippen LogP contribution in [0, 0.1) is 0 Å². The SMILES string of the molecule is COc1cc(N(Cc2ccc(Cl)c(Cl)c2)C(=O)CC(=O)c2ncccn2)ccc1C(=O)O. The number of carbonyl (C=O) groups is 3. The smallest absolute Gasteiger partial charge is 0.339 e. The molecule has 8 nitrogen and oxygen atoms in total. The van der Waals surface area contributed by atoms with E-state index in [1.807, 2.05) is 0 Å². The fourth-order valence-electron chi connectivity index (χ4n) is 2.92. The van der Waals surface area contributed by atoms with E-state index in [4.69, 9.17) is 27.9 Å². The van der Waals surface area contributed by atoms with Crippen LogP contribution in [0.2, 0.25) is 10.0 Å². The number of methoxy groups -OCH3 is 1. The largest absolute Gasteiger partial charge is 0.496 e. The zero-order valence-corrected chi connectivity index (χ0v) is 18.3. The molecule has 0 spiro atoms. The summed E-state index contributed by atoms with van der Waals surface area (Å²) in [6.45, 7) is 0.0498. The lowest BCUT2D eigenvalue weighted by atomic mass is 10.1. The van der Waals surface area contributed by atoms with Crippen LogP contribution in [0.4, 0.5) is 5.69 Å². The number of amides is 1.